The molecule has 0 bridgehead atoms. The minimum atomic E-state index is -4.35. The number of benzene rings is 3. The van der Waals surface area contributed by atoms with Crippen LogP contribution in [0.3, 0.4) is 0 Å². The first kappa shape index (κ1) is 30.8. The number of amides is 2. The lowest BCUT2D eigenvalue weighted by Crippen LogP contribution is -2.52. The van der Waals surface area contributed by atoms with E-state index in [0.29, 0.717) is 18.8 Å². The van der Waals surface area contributed by atoms with Crippen LogP contribution in [0.25, 0.3) is 0 Å². The number of nitrogens with zero attached hydrogens (tertiary/aromatic N) is 2. The quantitative estimate of drug-likeness (QED) is 0.351. The standard InChI is InChI=1S/C31H36FN3O6S/c1-5-22(3)33-31(37)23(4)34(19-24-9-7-6-8-21(24)2)30(36)20-35(26-12-10-25(32)11-13-26)42(38,39)27-14-15-28-29(18-27)41-17-16-40-28/h6-15,18,22-23H,5,16-17,19-20H2,1-4H3,(H,33,37). The van der Waals surface area contributed by atoms with Crippen molar-refractivity contribution in [1.82, 2.24) is 10.2 Å². The van der Waals surface area contributed by atoms with E-state index in [0.717, 1.165) is 27.6 Å². The Labute approximate surface area is 246 Å². The van der Waals surface area contributed by atoms with Crippen molar-refractivity contribution in [3.63, 3.8) is 0 Å². The van der Waals surface area contributed by atoms with Crippen LogP contribution in [-0.2, 0) is 26.2 Å². The molecule has 224 valence electrons. The number of rotatable bonds is 11. The van der Waals surface area contributed by atoms with Crippen molar-refractivity contribution in [3.05, 3.63) is 83.7 Å². The van der Waals surface area contributed by atoms with Crippen molar-refractivity contribution in [2.24, 2.45) is 0 Å². The largest absolute Gasteiger partial charge is 0.486 e. The summed E-state index contributed by atoms with van der Waals surface area (Å²) in [5, 5.41) is 2.91. The Morgan fingerprint density at radius 3 is 2.31 bits per heavy atom. The lowest BCUT2D eigenvalue weighted by Gasteiger charge is -2.33. The number of sulfonamides is 1. The van der Waals surface area contributed by atoms with Crippen LogP contribution in [0, 0.1) is 12.7 Å². The summed E-state index contributed by atoms with van der Waals surface area (Å²) in [4.78, 5) is 28.5. The number of hydrogen-bond donors (Lipinski definition) is 1. The van der Waals surface area contributed by atoms with Crippen LogP contribution in [0.5, 0.6) is 11.5 Å². The highest BCUT2D eigenvalue weighted by molar-refractivity contribution is 7.92. The maximum atomic E-state index is 14.0. The average molecular weight is 598 g/mol. The first-order chi connectivity index (χ1) is 20.0. The van der Waals surface area contributed by atoms with Gasteiger partial charge in [0, 0.05) is 18.7 Å². The summed E-state index contributed by atoms with van der Waals surface area (Å²) in [5.74, 6) is -0.831. The minimum absolute atomic E-state index is 0.0852. The lowest BCUT2D eigenvalue weighted by molar-refractivity contribution is -0.139. The zero-order valence-corrected chi connectivity index (χ0v) is 25.0. The van der Waals surface area contributed by atoms with E-state index in [1.807, 2.05) is 45.0 Å². The molecule has 0 aromatic heterocycles. The van der Waals surface area contributed by atoms with Crippen molar-refractivity contribution >= 4 is 27.5 Å². The minimum Gasteiger partial charge on any atom is -0.486 e. The fraction of sp³-hybridized carbons (Fsp3) is 0.355. The van der Waals surface area contributed by atoms with Crippen LogP contribution in [0.1, 0.15) is 38.3 Å². The molecule has 0 saturated heterocycles. The third-order valence-electron chi connectivity index (χ3n) is 7.27. The lowest BCUT2D eigenvalue weighted by atomic mass is 10.1. The number of ether oxygens (including phenoxy) is 2. The van der Waals surface area contributed by atoms with Crippen LogP contribution in [0.4, 0.5) is 10.1 Å². The van der Waals surface area contributed by atoms with Crippen LogP contribution in [0.15, 0.2) is 71.6 Å². The molecule has 11 heteroatoms. The number of hydrogen-bond acceptors (Lipinski definition) is 6. The normalized spacial score (nSPS) is 14.0. The summed E-state index contributed by atoms with van der Waals surface area (Å²) in [7, 11) is -4.35. The molecule has 0 radical (unpaired) electrons. The summed E-state index contributed by atoms with van der Waals surface area (Å²) < 4.78 is 54.0. The van der Waals surface area contributed by atoms with Gasteiger partial charge in [0.1, 0.15) is 31.6 Å². The van der Waals surface area contributed by atoms with Crippen molar-refractivity contribution in [3.8, 4) is 11.5 Å². The highest BCUT2D eigenvalue weighted by Crippen LogP contribution is 2.34. The molecule has 1 heterocycles. The van der Waals surface area contributed by atoms with Gasteiger partial charge >= 0.3 is 0 Å². The van der Waals surface area contributed by atoms with Gasteiger partial charge in [0.2, 0.25) is 11.8 Å². The van der Waals surface area contributed by atoms with Gasteiger partial charge in [0.15, 0.2) is 11.5 Å². The molecule has 3 aromatic carbocycles. The van der Waals surface area contributed by atoms with E-state index in [-0.39, 0.29) is 41.4 Å². The van der Waals surface area contributed by atoms with Gasteiger partial charge in [-0.15, -0.1) is 0 Å². The number of aryl methyl sites for hydroxylation is 1. The number of carbonyl (C=O) groups excluding carboxylic acids is 2. The Hall–Kier alpha value is -4.12. The molecular weight excluding hydrogens is 561 g/mol. The topological polar surface area (TPSA) is 105 Å². The van der Waals surface area contributed by atoms with Crippen molar-refractivity contribution in [1.29, 1.82) is 0 Å². The molecule has 2 unspecified atom stereocenters. The molecular formula is C31H36FN3O6S. The first-order valence-electron chi connectivity index (χ1n) is 13.8. The molecule has 0 saturated carbocycles. The predicted molar refractivity (Wildman–Crippen MR) is 157 cm³/mol. The van der Waals surface area contributed by atoms with Crippen LogP contribution in [0.2, 0.25) is 0 Å². The molecule has 4 rings (SSSR count). The van der Waals surface area contributed by atoms with E-state index >= 15 is 0 Å². The predicted octanol–water partition coefficient (Wildman–Crippen LogP) is 4.43. The summed E-state index contributed by atoms with van der Waals surface area (Å²) in [6.07, 6.45) is 0.705. The Morgan fingerprint density at radius 1 is 0.976 bits per heavy atom. The second-order valence-corrected chi connectivity index (χ2v) is 12.1. The fourth-order valence-electron chi connectivity index (χ4n) is 4.47. The summed E-state index contributed by atoms with van der Waals surface area (Å²) >= 11 is 0. The molecule has 1 aliphatic rings. The SMILES string of the molecule is CCC(C)NC(=O)C(C)N(Cc1ccccc1C)C(=O)CN(c1ccc(F)cc1)S(=O)(=O)c1ccc2c(c1)OCCO2. The van der Waals surface area contributed by atoms with E-state index in [9.17, 15) is 22.4 Å². The average Bonchev–Trinajstić information content (AvgIpc) is 2.99. The fourth-order valence-corrected chi connectivity index (χ4v) is 5.90. The zero-order valence-electron chi connectivity index (χ0n) is 24.2. The summed E-state index contributed by atoms with van der Waals surface area (Å²) in [5.41, 5.74) is 1.83. The van der Waals surface area contributed by atoms with Gasteiger partial charge in [0.05, 0.1) is 10.6 Å². The molecule has 9 nitrogen and oxygen atoms in total. The van der Waals surface area contributed by atoms with E-state index in [4.69, 9.17) is 9.47 Å². The Morgan fingerprint density at radius 2 is 1.64 bits per heavy atom. The van der Waals surface area contributed by atoms with Crippen LogP contribution >= 0.6 is 0 Å². The van der Waals surface area contributed by atoms with Gasteiger partial charge in [-0.2, -0.15) is 0 Å². The number of nitrogens with one attached hydrogen (secondary N) is 1. The summed E-state index contributed by atoms with van der Waals surface area (Å²) in [6.45, 7) is 7.39. The molecule has 1 aliphatic heterocycles. The van der Waals surface area contributed by atoms with Gasteiger partial charge < -0.3 is 19.7 Å². The third kappa shape index (κ3) is 7.02. The molecule has 0 fully saturated rings. The maximum absolute atomic E-state index is 14.0. The van der Waals surface area contributed by atoms with Gasteiger partial charge in [-0.1, -0.05) is 31.2 Å². The van der Waals surface area contributed by atoms with Crippen LogP contribution in [-0.4, -0.2) is 57.0 Å². The Balaban J connectivity index is 1.72. The number of carbonyl (C=O) groups is 2. The van der Waals surface area contributed by atoms with Crippen molar-refractivity contribution in [2.45, 2.75) is 57.6 Å². The third-order valence-corrected chi connectivity index (χ3v) is 9.04. The molecule has 3 aromatic rings. The molecule has 2 amide bonds. The van der Waals surface area contributed by atoms with Crippen molar-refractivity contribution in [2.75, 3.05) is 24.1 Å². The second-order valence-electron chi connectivity index (χ2n) is 10.2. The second kappa shape index (κ2) is 13.2. The molecule has 42 heavy (non-hydrogen) atoms. The van der Waals surface area contributed by atoms with E-state index in [1.165, 1.54) is 35.2 Å². The summed E-state index contributed by atoms with van der Waals surface area (Å²) in [6, 6.07) is 15.5. The highest BCUT2D eigenvalue weighted by Gasteiger charge is 2.33. The Kier molecular flexibility index (Phi) is 9.72. The van der Waals surface area contributed by atoms with E-state index in [2.05, 4.69) is 5.32 Å². The van der Waals surface area contributed by atoms with Gasteiger partial charge in [-0.25, -0.2) is 12.8 Å². The molecule has 2 atom stereocenters. The first-order valence-corrected chi connectivity index (χ1v) is 15.3. The molecule has 1 N–H and O–H groups in total. The van der Waals surface area contributed by atoms with E-state index < -0.39 is 34.3 Å². The molecule has 0 spiro atoms. The van der Waals surface area contributed by atoms with Gasteiger partial charge in [0.25, 0.3) is 10.0 Å². The monoisotopic (exact) mass is 597 g/mol. The zero-order chi connectivity index (χ0) is 30.4. The molecule has 0 aliphatic carbocycles. The highest BCUT2D eigenvalue weighted by atomic mass is 32.2. The number of fused-ring (bicyclic) bond motifs is 1. The van der Waals surface area contributed by atoms with E-state index in [1.54, 1.807) is 6.92 Å². The van der Waals surface area contributed by atoms with Gasteiger partial charge in [-0.3, -0.25) is 13.9 Å². The maximum Gasteiger partial charge on any atom is 0.264 e. The number of halogens is 1. The number of anilines is 1. The van der Waals surface area contributed by atoms with Crippen LogP contribution < -0.4 is 19.1 Å². The Bertz CT molecular complexity index is 1530. The smallest absolute Gasteiger partial charge is 0.264 e. The van der Waals surface area contributed by atoms with Crippen molar-refractivity contribution < 1.29 is 31.9 Å². The van der Waals surface area contributed by atoms with Gasteiger partial charge in [-0.05, 0) is 74.7 Å².